The molecule has 1 aromatic carbocycles. The van der Waals surface area contributed by atoms with Crippen molar-refractivity contribution in [2.75, 3.05) is 6.61 Å². The molecule has 1 aliphatic rings. The zero-order valence-electron chi connectivity index (χ0n) is 11.3. The van der Waals surface area contributed by atoms with Gasteiger partial charge < -0.3 is 9.15 Å². The third-order valence-corrected chi connectivity index (χ3v) is 4.11. The maximum atomic E-state index is 6.01. The minimum Gasteiger partial charge on any atom is -0.459 e. The van der Waals surface area contributed by atoms with Crippen molar-refractivity contribution >= 4 is 11.0 Å². The first-order valence-corrected chi connectivity index (χ1v) is 6.77. The Labute approximate surface area is 112 Å². The highest BCUT2D eigenvalue weighted by Crippen LogP contribution is 2.35. The fourth-order valence-electron chi connectivity index (χ4n) is 2.98. The third-order valence-electron chi connectivity index (χ3n) is 4.11. The molecule has 2 heterocycles. The van der Waals surface area contributed by atoms with Gasteiger partial charge in [-0.15, -0.1) is 0 Å². The number of nitrogens with two attached hydrogens (primary N) is 1. The molecular formula is C15H20N2O2. The van der Waals surface area contributed by atoms with Crippen molar-refractivity contribution in [3.63, 3.8) is 0 Å². The summed E-state index contributed by atoms with van der Waals surface area (Å²) in [6.45, 7) is 4.95. The Kier molecular flexibility index (Phi) is 3.31. The molecule has 3 rings (SSSR count). The van der Waals surface area contributed by atoms with E-state index in [9.17, 15) is 0 Å². The van der Waals surface area contributed by atoms with Crippen molar-refractivity contribution < 1.29 is 9.15 Å². The summed E-state index contributed by atoms with van der Waals surface area (Å²) in [5.74, 6) is 6.99. The predicted octanol–water partition coefficient (Wildman–Crippen LogP) is 2.67. The number of hydrazine groups is 1. The first-order chi connectivity index (χ1) is 9.20. The molecule has 1 saturated heterocycles. The standard InChI is InChI=1S/C15H20N2O2/c1-9-4-3-5-11-8-13(19-15(9)11)14(17-16)12-6-7-18-10(12)2/h3-5,8,10,12,14,17H,6-7,16H2,1-2H3. The van der Waals surface area contributed by atoms with E-state index in [1.54, 1.807) is 0 Å². The Morgan fingerprint density at radius 2 is 2.26 bits per heavy atom. The fourth-order valence-corrected chi connectivity index (χ4v) is 2.98. The summed E-state index contributed by atoms with van der Waals surface area (Å²) >= 11 is 0. The van der Waals surface area contributed by atoms with Crippen LogP contribution in [0.2, 0.25) is 0 Å². The van der Waals surface area contributed by atoms with Crippen LogP contribution in [0, 0.1) is 12.8 Å². The molecule has 1 fully saturated rings. The second-order valence-electron chi connectivity index (χ2n) is 5.31. The Bertz CT molecular complexity index is 579. The van der Waals surface area contributed by atoms with Gasteiger partial charge in [0.1, 0.15) is 11.3 Å². The SMILES string of the molecule is Cc1cccc2cc(C(NN)C3CCOC3C)oc12. The van der Waals surface area contributed by atoms with Crippen LogP contribution in [-0.2, 0) is 4.74 Å². The monoisotopic (exact) mass is 260 g/mol. The Morgan fingerprint density at radius 3 is 2.89 bits per heavy atom. The number of ether oxygens (including phenoxy) is 1. The molecule has 4 nitrogen and oxygen atoms in total. The second-order valence-corrected chi connectivity index (χ2v) is 5.31. The molecule has 0 radical (unpaired) electrons. The van der Waals surface area contributed by atoms with Crippen LogP contribution >= 0.6 is 0 Å². The van der Waals surface area contributed by atoms with E-state index in [-0.39, 0.29) is 12.1 Å². The van der Waals surface area contributed by atoms with Gasteiger partial charge in [0.2, 0.25) is 0 Å². The number of hydrogen-bond acceptors (Lipinski definition) is 4. The summed E-state index contributed by atoms with van der Waals surface area (Å²) in [7, 11) is 0. The van der Waals surface area contributed by atoms with Gasteiger partial charge in [-0.3, -0.25) is 5.84 Å². The van der Waals surface area contributed by atoms with E-state index in [0.29, 0.717) is 5.92 Å². The van der Waals surface area contributed by atoms with E-state index in [2.05, 4.69) is 37.5 Å². The molecule has 102 valence electrons. The van der Waals surface area contributed by atoms with Gasteiger partial charge in [-0.2, -0.15) is 0 Å². The van der Waals surface area contributed by atoms with Gasteiger partial charge in [-0.05, 0) is 31.9 Å². The van der Waals surface area contributed by atoms with Crippen LogP contribution in [0.15, 0.2) is 28.7 Å². The third kappa shape index (κ3) is 2.16. The Hall–Kier alpha value is -1.36. The van der Waals surface area contributed by atoms with Gasteiger partial charge >= 0.3 is 0 Å². The molecule has 19 heavy (non-hydrogen) atoms. The van der Waals surface area contributed by atoms with E-state index in [1.165, 1.54) is 0 Å². The predicted molar refractivity (Wildman–Crippen MR) is 74.5 cm³/mol. The molecule has 1 aromatic heterocycles. The second kappa shape index (κ2) is 4.96. The molecule has 3 N–H and O–H groups in total. The van der Waals surface area contributed by atoms with Gasteiger partial charge in [0.15, 0.2) is 0 Å². The van der Waals surface area contributed by atoms with Crippen LogP contribution < -0.4 is 11.3 Å². The van der Waals surface area contributed by atoms with Crippen LogP contribution in [0.3, 0.4) is 0 Å². The van der Waals surface area contributed by atoms with Crippen molar-refractivity contribution in [3.05, 3.63) is 35.6 Å². The van der Waals surface area contributed by atoms with Gasteiger partial charge in [0, 0.05) is 17.9 Å². The molecule has 0 saturated carbocycles. The van der Waals surface area contributed by atoms with E-state index < -0.39 is 0 Å². The van der Waals surface area contributed by atoms with Crippen molar-refractivity contribution in [2.45, 2.75) is 32.4 Å². The summed E-state index contributed by atoms with van der Waals surface area (Å²) in [5.41, 5.74) is 4.99. The average Bonchev–Trinajstić information content (AvgIpc) is 2.99. The number of benzene rings is 1. The number of furan rings is 1. The maximum Gasteiger partial charge on any atom is 0.137 e. The highest BCUT2D eigenvalue weighted by molar-refractivity contribution is 5.81. The molecule has 2 aromatic rings. The summed E-state index contributed by atoms with van der Waals surface area (Å²) in [6, 6.07) is 8.25. The van der Waals surface area contributed by atoms with Gasteiger partial charge in [-0.25, -0.2) is 5.43 Å². The van der Waals surface area contributed by atoms with E-state index in [1.807, 2.05) is 6.07 Å². The van der Waals surface area contributed by atoms with Crippen LogP contribution in [-0.4, -0.2) is 12.7 Å². The number of fused-ring (bicyclic) bond motifs is 1. The number of nitrogens with one attached hydrogen (secondary N) is 1. The normalized spacial score (nSPS) is 25.0. The molecule has 0 spiro atoms. The molecular weight excluding hydrogens is 240 g/mol. The average molecular weight is 260 g/mol. The highest BCUT2D eigenvalue weighted by atomic mass is 16.5. The first kappa shape index (κ1) is 12.7. The van der Waals surface area contributed by atoms with Crippen LogP contribution in [0.5, 0.6) is 0 Å². The number of para-hydroxylation sites is 1. The topological polar surface area (TPSA) is 60.4 Å². The minimum atomic E-state index is 0.00398. The van der Waals surface area contributed by atoms with Crippen molar-refractivity contribution in [2.24, 2.45) is 11.8 Å². The first-order valence-electron chi connectivity index (χ1n) is 6.77. The van der Waals surface area contributed by atoms with E-state index >= 15 is 0 Å². The molecule has 1 aliphatic heterocycles. The van der Waals surface area contributed by atoms with Crippen LogP contribution in [0.1, 0.15) is 30.7 Å². The zero-order valence-corrected chi connectivity index (χ0v) is 11.3. The lowest BCUT2D eigenvalue weighted by molar-refractivity contribution is 0.0927. The zero-order chi connectivity index (χ0) is 13.4. The van der Waals surface area contributed by atoms with Gasteiger partial charge in [-0.1, -0.05) is 18.2 Å². The molecule has 4 heteroatoms. The van der Waals surface area contributed by atoms with Crippen molar-refractivity contribution in [1.29, 1.82) is 0 Å². The smallest absolute Gasteiger partial charge is 0.137 e. The molecule has 3 atom stereocenters. The maximum absolute atomic E-state index is 6.01. The number of aryl methyl sites for hydroxylation is 1. The van der Waals surface area contributed by atoms with E-state index in [4.69, 9.17) is 15.0 Å². The molecule has 0 bridgehead atoms. The number of hydrogen-bond donors (Lipinski definition) is 2. The largest absolute Gasteiger partial charge is 0.459 e. The number of rotatable bonds is 3. The van der Waals surface area contributed by atoms with Gasteiger partial charge in [0.25, 0.3) is 0 Å². The molecule has 0 aliphatic carbocycles. The van der Waals surface area contributed by atoms with E-state index in [0.717, 1.165) is 35.3 Å². The lowest BCUT2D eigenvalue weighted by atomic mass is 9.92. The van der Waals surface area contributed by atoms with Crippen LogP contribution in [0.4, 0.5) is 0 Å². The summed E-state index contributed by atoms with van der Waals surface area (Å²) in [5, 5.41) is 1.13. The molecule has 0 amide bonds. The lowest BCUT2D eigenvalue weighted by Gasteiger charge is -2.23. The highest BCUT2D eigenvalue weighted by Gasteiger charge is 2.34. The fraction of sp³-hybridized carbons (Fsp3) is 0.467. The van der Waals surface area contributed by atoms with Gasteiger partial charge in [0.05, 0.1) is 12.1 Å². The van der Waals surface area contributed by atoms with Crippen molar-refractivity contribution in [3.8, 4) is 0 Å². The quantitative estimate of drug-likeness (QED) is 0.658. The Balaban J connectivity index is 1.99. The minimum absolute atomic E-state index is 0.00398. The summed E-state index contributed by atoms with van der Waals surface area (Å²) in [4.78, 5) is 0. The Morgan fingerprint density at radius 1 is 1.42 bits per heavy atom. The lowest BCUT2D eigenvalue weighted by Crippen LogP contribution is -2.35. The van der Waals surface area contributed by atoms with Crippen LogP contribution in [0.25, 0.3) is 11.0 Å². The molecule has 3 unspecified atom stereocenters. The van der Waals surface area contributed by atoms with Crippen molar-refractivity contribution in [1.82, 2.24) is 5.43 Å². The summed E-state index contributed by atoms with van der Waals surface area (Å²) < 4.78 is 11.6. The summed E-state index contributed by atoms with van der Waals surface area (Å²) in [6.07, 6.45) is 1.21.